The van der Waals surface area contributed by atoms with E-state index in [0.29, 0.717) is 28.0 Å². The van der Waals surface area contributed by atoms with Gasteiger partial charge in [-0.2, -0.15) is 5.10 Å². The molecule has 2 aromatic heterocycles. The Kier molecular flexibility index (Phi) is 4.52. The van der Waals surface area contributed by atoms with Crippen LogP contribution in [0.25, 0.3) is 39.2 Å². The Labute approximate surface area is 180 Å². The molecular weight excluding hydrogens is 410 g/mol. The minimum Gasteiger partial charge on any atom is -0.508 e. The maximum atomic E-state index is 13.2. The fourth-order valence-electron chi connectivity index (χ4n) is 3.55. The average molecular weight is 425 g/mol. The van der Waals surface area contributed by atoms with Gasteiger partial charge in [0, 0.05) is 23.8 Å². The zero-order valence-corrected chi connectivity index (χ0v) is 16.5. The Bertz CT molecular complexity index is 1540. The molecule has 2 heterocycles. The number of phenols is 1. The van der Waals surface area contributed by atoms with E-state index < -0.39 is 4.92 Å². The molecule has 0 radical (unpaired) electrons. The van der Waals surface area contributed by atoms with Gasteiger partial charge in [-0.25, -0.2) is 4.68 Å². The maximum Gasteiger partial charge on any atom is 0.270 e. The van der Waals surface area contributed by atoms with Crippen molar-refractivity contribution in [1.82, 2.24) is 9.78 Å². The molecule has 5 aromatic rings. The summed E-state index contributed by atoms with van der Waals surface area (Å²) < 4.78 is 7.23. The first-order chi connectivity index (χ1) is 15.5. The lowest BCUT2D eigenvalue weighted by molar-refractivity contribution is -0.384. The van der Waals surface area contributed by atoms with Gasteiger partial charge in [0.15, 0.2) is 0 Å². The van der Waals surface area contributed by atoms with Gasteiger partial charge >= 0.3 is 0 Å². The third-order valence-electron chi connectivity index (χ3n) is 5.10. The summed E-state index contributed by atoms with van der Waals surface area (Å²) in [6.45, 7) is 0. The average Bonchev–Trinajstić information content (AvgIpc) is 3.25. The lowest BCUT2D eigenvalue weighted by atomic mass is 10.1. The zero-order chi connectivity index (χ0) is 22.2. The number of fused-ring (bicyclic) bond motifs is 1. The van der Waals surface area contributed by atoms with Crippen LogP contribution in [0.1, 0.15) is 0 Å². The van der Waals surface area contributed by atoms with Gasteiger partial charge in [-0.3, -0.25) is 14.9 Å². The standard InChI is InChI=1S/C24H15N3O5/c28-18-9-10-19-23(12-18)32-14-20(24(19)29)22-13-21(15-5-4-8-17(11-15)27(30)31)25-26(22)16-6-2-1-3-7-16/h1-14,28H. The van der Waals surface area contributed by atoms with E-state index in [0.717, 1.165) is 0 Å². The van der Waals surface area contributed by atoms with Crippen LogP contribution in [-0.2, 0) is 0 Å². The summed E-state index contributed by atoms with van der Waals surface area (Å²) in [5, 5.41) is 25.8. The van der Waals surface area contributed by atoms with Crippen molar-refractivity contribution >= 4 is 16.7 Å². The normalized spacial score (nSPS) is 11.0. The van der Waals surface area contributed by atoms with E-state index in [2.05, 4.69) is 5.10 Å². The molecule has 0 amide bonds. The third-order valence-corrected chi connectivity index (χ3v) is 5.10. The molecule has 1 N–H and O–H groups in total. The molecule has 0 fully saturated rings. The molecule has 3 aromatic carbocycles. The number of aromatic nitrogens is 2. The Balaban J connectivity index is 1.75. The first-order valence-corrected chi connectivity index (χ1v) is 9.66. The lowest BCUT2D eigenvalue weighted by Crippen LogP contribution is -2.08. The molecule has 0 unspecified atom stereocenters. The minimum atomic E-state index is -0.466. The van der Waals surface area contributed by atoms with E-state index in [-0.39, 0.29) is 28.0 Å². The van der Waals surface area contributed by atoms with Gasteiger partial charge in [-0.05, 0) is 30.3 Å². The highest BCUT2D eigenvalue weighted by Crippen LogP contribution is 2.30. The Morgan fingerprint density at radius 1 is 0.969 bits per heavy atom. The quantitative estimate of drug-likeness (QED) is 0.323. The van der Waals surface area contributed by atoms with E-state index in [1.54, 1.807) is 22.9 Å². The van der Waals surface area contributed by atoms with Crippen molar-refractivity contribution < 1.29 is 14.4 Å². The zero-order valence-electron chi connectivity index (χ0n) is 16.5. The Hall–Kier alpha value is -4.72. The molecule has 5 rings (SSSR count). The molecule has 0 aliphatic rings. The van der Waals surface area contributed by atoms with Crippen LogP contribution >= 0.6 is 0 Å². The van der Waals surface area contributed by atoms with Gasteiger partial charge in [0.05, 0.1) is 32.9 Å². The van der Waals surface area contributed by atoms with Crippen molar-refractivity contribution in [3.63, 3.8) is 0 Å². The van der Waals surface area contributed by atoms with Gasteiger partial charge in [-0.1, -0.05) is 30.3 Å². The van der Waals surface area contributed by atoms with Crippen molar-refractivity contribution in [2.24, 2.45) is 0 Å². The number of aromatic hydroxyl groups is 1. The van der Waals surface area contributed by atoms with Crippen LogP contribution in [0.3, 0.4) is 0 Å². The summed E-state index contributed by atoms with van der Waals surface area (Å²) >= 11 is 0. The van der Waals surface area contributed by atoms with Crippen molar-refractivity contribution in [2.75, 3.05) is 0 Å². The van der Waals surface area contributed by atoms with Gasteiger partial charge in [0.1, 0.15) is 17.6 Å². The number of nitro groups is 1. The van der Waals surface area contributed by atoms with E-state index in [9.17, 15) is 20.0 Å². The first-order valence-electron chi connectivity index (χ1n) is 9.66. The van der Waals surface area contributed by atoms with E-state index >= 15 is 0 Å². The lowest BCUT2D eigenvalue weighted by Gasteiger charge is -2.07. The van der Waals surface area contributed by atoms with Crippen molar-refractivity contribution in [1.29, 1.82) is 0 Å². The summed E-state index contributed by atoms with van der Waals surface area (Å²) in [4.78, 5) is 24.0. The molecule has 8 nitrogen and oxygen atoms in total. The van der Waals surface area contributed by atoms with Crippen LogP contribution in [0.2, 0.25) is 0 Å². The molecule has 0 saturated heterocycles. The fourth-order valence-corrected chi connectivity index (χ4v) is 3.55. The summed E-state index contributed by atoms with van der Waals surface area (Å²) in [6, 6.07) is 21.4. The number of benzene rings is 3. The predicted octanol–water partition coefficient (Wildman–Crippen LogP) is 4.93. The Morgan fingerprint density at radius 3 is 2.56 bits per heavy atom. The number of hydrogen-bond acceptors (Lipinski definition) is 6. The van der Waals surface area contributed by atoms with Crippen molar-refractivity contribution in [2.45, 2.75) is 0 Å². The molecule has 0 spiro atoms. The van der Waals surface area contributed by atoms with E-state index in [4.69, 9.17) is 4.42 Å². The number of para-hydroxylation sites is 1. The van der Waals surface area contributed by atoms with Crippen LogP contribution in [-0.4, -0.2) is 19.8 Å². The molecule has 0 aliphatic carbocycles. The molecule has 0 atom stereocenters. The number of nitro benzene ring substituents is 1. The second kappa shape index (κ2) is 7.51. The van der Waals surface area contributed by atoms with Crippen LogP contribution < -0.4 is 5.43 Å². The van der Waals surface area contributed by atoms with Gasteiger partial charge in [0.25, 0.3) is 5.69 Å². The largest absolute Gasteiger partial charge is 0.508 e. The van der Waals surface area contributed by atoms with Crippen LogP contribution in [0.4, 0.5) is 5.69 Å². The van der Waals surface area contributed by atoms with E-state index in [1.807, 2.05) is 30.3 Å². The highest BCUT2D eigenvalue weighted by Gasteiger charge is 2.19. The second-order valence-electron chi connectivity index (χ2n) is 7.13. The Morgan fingerprint density at radius 2 is 1.78 bits per heavy atom. The van der Waals surface area contributed by atoms with E-state index in [1.165, 1.54) is 36.6 Å². The molecule has 0 bridgehead atoms. The fraction of sp³-hybridized carbons (Fsp3) is 0. The molecule has 0 aliphatic heterocycles. The number of rotatable bonds is 4. The van der Waals surface area contributed by atoms with Crippen LogP contribution in [0.5, 0.6) is 5.75 Å². The van der Waals surface area contributed by atoms with Gasteiger partial charge in [-0.15, -0.1) is 0 Å². The molecular formula is C24H15N3O5. The minimum absolute atomic E-state index is 0.00399. The molecule has 8 heteroatoms. The highest BCUT2D eigenvalue weighted by atomic mass is 16.6. The van der Waals surface area contributed by atoms with Crippen molar-refractivity contribution in [3.05, 3.63) is 105 Å². The summed E-state index contributed by atoms with van der Waals surface area (Å²) in [5.74, 6) is -0.00399. The summed E-state index contributed by atoms with van der Waals surface area (Å²) in [5.41, 5.74) is 2.41. The topological polar surface area (TPSA) is 111 Å². The number of phenolic OH excluding ortho intramolecular Hbond substituents is 1. The maximum absolute atomic E-state index is 13.2. The SMILES string of the molecule is O=c1c(-c2cc(-c3cccc([N+](=O)[O-])c3)nn2-c2ccccc2)coc2cc(O)ccc12. The first kappa shape index (κ1) is 19.3. The smallest absolute Gasteiger partial charge is 0.270 e. The van der Waals surface area contributed by atoms with Gasteiger partial charge in [0.2, 0.25) is 5.43 Å². The van der Waals surface area contributed by atoms with Gasteiger partial charge < -0.3 is 9.52 Å². The molecule has 32 heavy (non-hydrogen) atoms. The third kappa shape index (κ3) is 3.29. The number of hydrogen-bond donors (Lipinski definition) is 1. The van der Waals surface area contributed by atoms with Crippen LogP contribution in [0, 0.1) is 10.1 Å². The molecule has 156 valence electrons. The predicted molar refractivity (Wildman–Crippen MR) is 119 cm³/mol. The van der Waals surface area contributed by atoms with Crippen LogP contribution in [0.15, 0.2) is 94.3 Å². The van der Waals surface area contributed by atoms with Crippen molar-refractivity contribution in [3.8, 4) is 34.0 Å². The second-order valence-corrected chi connectivity index (χ2v) is 7.13. The summed E-state index contributed by atoms with van der Waals surface area (Å²) in [6.07, 6.45) is 1.33. The number of nitrogens with zero attached hydrogens (tertiary/aromatic N) is 3. The molecule has 0 saturated carbocycles. The number of non-ortho nitro benzene ring substituents is 1. The highest BCUT2D eigenvalue weighted by molar-refractivity contribution is 5.83. The monoisotopic (exact) mass is 425 g/mol. The summed E-state index contributed by atoms with van der Waals surface area (Å²) in [7, 11) is 0.